The van der Waals surface area contributed by atoms with Gasteiger partial charge in [-0.2, -0.15) is 4.98 Å². The summed E-state index contributed by atoms with van der Waals surface area (Å²) in [7, 11) is 0. The van der Waals surface area contributed by atoms with Crippen LogP contribution in [0.5, 0.6) is 0 Å². The maximum absolute atomic E-state index is 13.1. The second-order valence-electron chi connectivity index (χ2n) is 9.66. The molecule has 8 nitrogen and oxygen atoms in total. The third-order valence-corrected chi connectivity index (χ3v) is 5.09. The summed E-state index contributed by atoms with van der Waals surface area (Å²) in [5, 5.41) is 16.0. The second-order valence-corrected chi connectivity index (χ2v) is 9.66. The van der Waals surface area contributed by atoms with E-state index in [4.69, 9.17) is 9.73 Å². The van der Waals surface area contributed by atoms with Gasteiger partial charge in [-0.05, 0) is 36.7 Å². The summed E-state index contributed by atoms with van der Waals surface area (Å²) < 4.78 is 5.55. The molecule has 8 heteroatoms. The summed E-state index contributed by atoms with van der Waals surface area (Å²) in [6.45, 7) is 13.9. The molecule has 0 aliphatic rings. The normalized spacial score (nSPS) is 14.8. The van der Waals surface area contributed by atoms with Crippen LogP contribution in [0.3, 0.4) is 0 Å². The van der Waals surface area contributed by atoms with Gasteiger partial charge in [0.2, 0.25) is 17.7 Å². The van der Waals surface area contributed by atoms with E-state index in [2.05, 4.69) is 28.5 Å². The van der Waals surface area contributed by atoms with Gasteiger partial charge in [0, 0.05) is 18.8 Å². The first-order valence-electron chi connectivity index (χ1n) is 11.6. The minimum atomic E-state index is -0.594. The van der Waals surface area contributed by atoms with E-state index in [1.165, 1.54) is 0 Å². The van der Waals surface area contributed by atoms with Crippen LogP contribution in [-0.2, 0) is 16.0 Å². The Bertz CT molecular complexity index is 847. The van der Waals surface area contributed by atoms with Gasteiger partial charge in [-0.15, -0.1) is 0 Å². The number of hydroxylamine groups is 1. The molecule has 0 saturated carbocycles. The van der Waals surface area contributed by atoms with Crippen molar-refractivity contribution in [2.45, 2.75) is 80.2 Å². The topological polar surface area (TPSA) is 117 Å². The van der Waals surface area contributed by atoms with Crippen molar-refractivity contribution < 1.29 is 19.3 Å². The van der Waals surface area contributed by atoms with E-state index in [1.807, 2.05) is 65.8 Å². The lowest BCUT2D eigenvalue weighted by atomic mass is 9.85. The Morgan fingerprint density at radius 2 is 1.91 bits per heavy atom. The van der Waals surface area contributed by atoms with Gasteiger partial charge in [0.05, 0.1) is 0 Å². The summed E-state index contributed by atoms with van der Waals surface area (Å²) in [5.41, 5.74) is 2.25. The van der Waals surface area contributed by atoms with Crippen molar-refractivity contribution >= 4 is 11.8 Å². The Morgan fingerprint density at radius 3 is 2.45 bits per heavy atom. The van der Waals surface area contributed by atoms with Crippen LogP contribution >= 0.6 is 0 Å². The molecule has 0 aliphatic carbocycles. The van der Waals surface area contributed by atoms with Gasteiger partial charge in [0.15, 0.2) is 5.82 Å². The average Bonchev–Trinajstić information content (AvgIpc) is 3.20. The Hall–Kier alpha value is -2.74. The third kappa shape index (κ3) is 10.2. The van der Waals surface area contributed by atoms with Crippen LogP contribution < -0.4 is 10.8 Å². The fourth-order valence-corrected chi connectivity index (χ4v) is 3.32. The Kier molecular flexibility index (Phi) is 11.8. The van der Waals surface area contributed by atoms with Crippen LogP contribution in [-0.4, -0.2) is 27.2 Å². The molecule has 1 aromatic heterocycles. The fraction of sp³-hybridized carbons (Fsp3) is 0.600. The summed E-state index contributed by atoms with van der Waals surface area (Å²) in [6.07, 6.45) is 12.0. The molecular formula is C25H40N4O4. The Labute approximate surface area is 197 Å². The molecule has 1 heterocycles. The quantitative estimate of drug-likeness (QED) is 0.233. The average molecular weight is 461 g/mol. The molecule has 1 aromatic rings. The Morgan fingerprint density at radius 1 is 1.21 bits per heavy atom. The lowest BCUT2D eigenvalue weighted by Gasteiger charge is -2.30. The first kappa shape index (κ1) is 28.3. The van der Waals surface area contributed by atoms with Crippen molar-refractivity contribution in [2.75, 3.05) is 0 Å². The minimum Gasteiger partial charge on any atom is -0.344 e. The van der Waals surface area contributed by atoms with Crippen LogP contribution in [0, 0.1) is 17.3 Å². The van der Waals surface area contributed by atoms with E-state index in [9.17, 15) is 9.59 Å². The zero-order valence-electron chi connectivity index (χ0n) is 21.0. The van der Waals surface area contributed by atoms with Gasteiger partial charge in [-0.25, -0.2) is 5.48 Å². The summed E-state index contributed by atoms with van der Waals surface area (Å²) in [4.78, 5) is 29.3. The summed E-state index contributed by atoms with van der Waals surface area (Å²) in [5.74, 6) is -0.402. The monoisotopic (exact) mass is 460 g/mol. The van der Waals surface area contributed by atoms with E-state index in [0.717, 1.165) is 12.0 Å². The number of allylic oxidation sites excluding steroid dienone is 6. The van der Waals surface area contributed by atoms with Crippen molar-refractivity contribution in [2.24, 2.45) is 17.3 Å². The molecule has 2 atom stereocenters. The van der Waals surface area contributed by atoms with Crippen LogP contribution in [0.1, 0.15) is 85.5 Å². The number of nitrogens with zero attached hydrogens (tertiary/aromatic N) is 2. The fourth-order valence-electron chi connectivity index (χ4n) is 3.32. The highest BCUT2D eigenvalue weighted by atomic mass is 16.5. The number of aromatic nitrogens is 2. The Balaban J connectivity index is 3.04. The molecule has 0 spiro atoms. The molecule has 33 heavy (non-hydrogen) atoms. The predicted molar refractivity (Wildman–Crippen MR) is 128 cm³/mol. The van der Waals surface area contributed by atoms with E-state index < -0.39 is 23.3 Å². The highest BCUT2D eigenvalue weighted by Gasteiger charge is 2.35. The van der Waals surface area contributed by atoms with Gasteiger partial charge in [0.1, 0.15) is 6.04 Å². The lowest BCUT2D eigenvalue weighted by molar-refractivity contribution is -0.136. The molecule has 0 aliphatic heterocycles. The van der Waals surface area contributed by atoms with Crippen molar-refractivity contribution in [1.29, 1.82) is 0 Å². The second kappa shape index (κ2) is 13.7. The smallest absolute Gasteiger partial charge is 0.249 e. The largest absolute Gasteiger partial charge is 0.344 e. The molecule has 3 N–H and O–H groups in total. The SMILES string of the molecule is C\C=C(/C=C\C=C/CC)Cc1noc([C@@H](NC(=O)C(CC(=O)NO)CC(C)C)C(C)(C)C)n1. The van der Waals surface area contributed by atoms with E-state index in [0.29, 0.717) is 24.6 Å². The molecule has 0 fully saturated rings. The predicted octanol–water partition coefficient (Wildman–Crippen LogP) is 4.84. The first-order valence-corrected chi connectivity index (χ1v) is 11.6. The summed E-state index contributed by atoms with van der Waals surface area (Å²) in [6, 6.07) is -0.532. The van der Waals surface area contributed by atoms with E-state index in [1.54, 1.807) is 5.48 Å². The lowest BCUT2D eigenvalue weighted by Crippen LogP contribution is -2.41. The number of carbonyl (C=O) groups excluding carboxylic acids is 2. The molecule has 0 saturated heterocycles. The number of rotatable bonds is 12. The molecular weight excluding hydrogens is 420 g/mol. The number of carbonyl (C=O) groups is 2. The number of nitrogens with one attached hydrogen (secondary N) is 2. The van der Waals surface area contributed by atoms with Crippen LogP contribution in [0.15, 0.2) is 40.5 Å². The van der Waals surface area contributed by atoms with Crippen LogP contribution in [0.2, 0.25) is 0 Å². The molecule has 0 aromatic carbocycles. The molecule has 2 amide bonds. The minimum absolute atomic E-state index is 0.101. The van der Waals surface area contributed by atoms with Gasteiger partial charge in [-0.1, -0.05) is 77.1 Å². The highest BCUT2D eigenvalue weighted by molar-refractivity contribution is 5.85. The van der Waals surface area contributed by atoms with Crippen LogP contribution in [0.25, 0.3) is 0 Å². The van der Waals surface area contributed by atoms with Crippen molar-refractivity contribution in [3.63, 3.8) is 0 Å². The molecule has 1 unspecified atom stereocenters. The summed E-state index contributed by atoms with van der Waals surface area (Å²) >= 11 is 0. The molecule has 1 rings (SSSR count). The van der Waals surface area contributed by atoms with Crippen molar-refractivity contribution in [1.82, 2.24) is 20.9 Å². The number of amides is 2. The zero-order valence-corrected chi connectivity index (χ0v) is 21.0. The van der Waals surface area contributed by atoms with E-state index >= 15 is 0 Å². The van der Waals surface area contributed by atoms with Gasteiger partial charge in [0.25, 0.3) is 0 Å². The van der Waals surface area contributed by atoms with Gasteiger partial charge in [-0.3, -0.25) is 14.8 Å². The highest BCUT2D eigenvalue weighted by Crippen LogP contribution is 2.33. The maximum Gasteiger partial charge on any atom is 0.249 e. The molecule has 184 valence electrons. The van der Waals surface area contributed by atoms with Crippen molar-refractivity contribution in [3.8, 4) is 0 Å². The van der Waals surface area contributed by atoms with Crippen LogP contribution in [0.4, 0.5) is 0 Å². The first-order chi connectivity index (χ1) is 15.5. The standard InChI is InChI=1S/C25H40N4O4/c1-8-10-11-12-13-18(9-2)15-20-26-24(33-29-20)22(25(5,6)7)27-23(31)19(14-17(3)4)16-21(30)28-32/h9-13,17,19,22,32H,8,14-16H2,1-7H3,(H,27,31)(H,28,30)/b11-10-,13-12-,18-9+/t19?,22-/m1/s1. The number of hydrogen-bond acceptors (Lipinski definition) is 6. The van der Waals surface area contributed by atoms with E-state index in [-0.39, 0.29) is 18.2 Å². The maximum atomic E-state index is 13.1. The molecule has 0 bridgehead atoms. The third-order valence-electron chi connectivity index (χ3n) is 5.09. The van der Waals surface area contributed by atoms with Gasteiger partial charge >= 0.3 is 0 Å². The molecule has 0 radical (unpaired) electrons. The van der Waals surface area contributed by atoms with Crippen molar-refractivity contribution in [3.05, 3.63) is 47.7 Å². The van der Waals surface area contributed by atoms with Gasteiger partial charge < -0.3 is 9.84 Å². The zero-order chi connectivity index (χ0) is 25.0. The number of hydrogen-bond donors (Lipinski definition) is 3.